The van der Waals surface area contributed by atoms with Crippen LogP contribution in [-0.4, -0.2) is 66.7 Å². The average molecular weight is 459 g/mol. The van der Waals surface area contributed by atoms with Crippen LogP contribution in [0.5, 0.6) is 0 Å². The zero-order valence-corrected chi connectivity index (χ0v) is 19.5. The van der Waals surface area contributed by atoms with Gasteiger partial charge in [-0.1, -0.05) is 24.2 Å². The standard InChI is InChI=1S/C24H34N4O5/c1-3-18-21(16(2)33-27-18)22(30)28-11-9-24(10-12-28)8-5-4-6-17-15-32-13-7-19(17)26-20(29)14-25-23(24)31/h4-5,17,19H,3,6-15H2,1-2H3,(H,25,31)(H,26,29)/b5-4+/t17-,19+/m0/s1. The second-order valence-corrected chi connectivity index (χ2v) is 9.38. The second-order valence-electron chi connectivity index (χ2n) is 9.38. The number of nitrogens with one attached hydrogen (secondary N) is 2. The summed E-state index contributed by atoms with van der Waals surface area (Å²) in [6.07, 6.45) is 8.09. The molecule has 1 aromatic heterocycles. The van der Waals surface area contributed by atoms with Crippen molar-refractivity contribution in [3.05, 3.63) is 29.2 Å². The predicted molar refractivity (Wildman–Crippen MR) is 120 cm³/mol. The van der Waals surface area contributed by atoms with E-state index in [1.165, 1.54) is 0 Å². The Balaban J connectivity index is 1.46. The van der Waals surface area contributed by atoms with Gasteiger partial charge in [0.25, 0.3) is 5.91 Å². The molecule has 3 aliphatic heterocycles. The van der Waals surface area contributed by atoms with E-state index in [2.05, 4.69) is 27.9 Å². The monoisotopic (exact) mass is 458 g/mol. The molecule has 0 aromatic carbocycles. The van der Waals surface area contributed by atoms with Gasteiger partial charge in [0.2, 0.25) is 11.8 Å². The number of hydrogen-bond acceptors (Lipinski definition) is 6. The van der Waals surface area contributed by atoms with Gasteiger partial charge in [-0.05, 0) is 45.4 Å². The van der Waals surface area contributed by atoms with E-state index in [0.717, 1.165) is 12.8 Å². The fraction of sp³-hybridized carbons (Fsp3) is 0.667. The first-order chi connectivity index (χ1) is 15.9. The first-order valence-electron chi connectivity index (χ1n) is 12.0. The Morgan fingerprint density at radius 2 is 2.06 bits per heavy atom. The largest absolute Gasteiger partial charge is 0.381 e. The van der Waals surface area contributed by atoms with Gasteiger partial charge >= 0.3 is 0 Å². The van der Waals surface area contributed by atoms with Gasteiger partial charge in [0.1, 0.15) is 11.3 Å². The Morgan fingerprint density at radius 1 is 1.27 bits per heavy atom. The average Bonchev–Trinajstić information content (AvgIpc) is 3.21. The summed E-state index contributed by atoms with van der Waals surface area (Å²) in [4.78, 5) is 40.6. The van der Waals surface area contributed by atoms with Crippen LogP contribution < -0.4 is 10.6 Å². The number of ether oxygens (including phenoxy) is 1. The molecule has 9 heteroatoms. The van der Waals surface area contributed by atoms with Crippen molar-refractivity contribution >= 4 is 17.7 Å². The summed E-state index contributed by atoms with van der Waals surface area (Å²) in [7, 11) is 0. The molecule has 2 saturated heterocycles. The number of aromatic nitrogens is 1. The number of amides is 3. The van der Waals surface area contributed by atoms with E-state index in [0.29, 0.717) is 69.0 Å². The van der Waals surface area contributed by atoms with Crippen molar-refractivity contribution in [3.63, 3.8) is 0 Å². The van der Waals surface area contributed by atoms with E-state index in [4.69, 9.17) is 9.26 Å². The van der Waals surface area contributed by atoms with E-state index in [1.807, 2.05) is 6.92 Å². The molecule has 4 heterocycles. The number of allylic oxidation sites excluding steroid dienone is 2. The van der Waals surface area contributed by atoms with E-state index in [9.17, 15) is 14.4 Å². The van der Waals surface area contributed by atoms with Crippen molar-refractivity contribution in [2.24, 2.45) is 11.3 Å². The lowest BCUT2D eigenvalue weighted by Gasteiger charge is -2.40. The Labute approximate surface area is 194 Å². The molecule has 3 aliphatic rings. The van der Waals surface area contributed by atoms with Crippen molar-refractivity contribution in [3.8, 4) is 0 Å². The van der Waals surface area contributed by atoms with Gasteiger partial charge < -0.3 is 24.8 Å². The lowest BCUT2D eigenvalue weighted by atomic mass is 9.74. The first kappa shape index (κ1) is 23.5. The molecular formula is C24H34N4O5. The number of rotatable bonds is 2. The summed E-state index contributed by atoms with van der Waals surface area (Å²) in [6.45, 7) is 5.88. The van der Waals surface area contributed by atoms with Crippen LogP contribution in [0.3, 0.4) is 0 Å². The van der Waals surface area contributed by atoms with E-state index < -0.39 is 5.41 Å². The van der Waals surface area contributed by atoms with Crippen molar-refractivity contribution in [2.45, 2.75) is 58.4 Å². The number of nitrogens with zero attached hydrogens (tertiary/aromatic N) is 2. The molecule has 3 amide bonds. The van der Waals surface area contributed by atoms with Gasteiger partial charge in [0.05, 0.1) is 24.3 Å². The molecule has 9 nitrogen and oxygen atoms in total. The maximum Gasteiger partial charge on any atom is 0.259 e. The molecule has 2 fully saturated rings. The summed E-state index contributed by atoms with van der Waals surface area (Å²) in [5.74, 6) is 0.396. The maximum atomic E-state index is 13.2. The highest BCUT2D eigenvalue weighted by molar-refractivity contribution is 5.96. The highest BCUT2D eigenvalue weighted by atomic mass is 16.5. The Hall–Kier alpha value is -2.68. The van der Waals surface area contributed by atoms with Crippen LogP contribution in [0, 0.1) is 18.3 Å². The van der Waals surface area contributed by atoms with Gasteiger partial charge in [0.15, 0.2) is 0 Å². The van der Waals surface area contributed by atoms with Crippen molar-refractivity contribution in [1.82, 2.24) is 20.7 Å². The topological polar surface area (TPSA) is 114 Å². The van der Waals surface area contributed by atoms with Gasteiger partial charge in [-0.15, -0.1) is 0 Å². The third-order valence-electron chi connectivity index (χ3n) is 7.32. The molecule has 33 heavy (non-hydrogen) atoms. The van der Waals surface area contributed by atoms with Gasteiger partial charge in [0, 0.05) is 31.7 Å². The lowest BCUT2D eigenvalue weighted by molar-refractivity contribution is -0.135. The molecule has 4 rings (SSSR count). The molecule has 0 saturated carbocycles. The van der Waals surface area contributed by atoms with E-state index >= 15 is 0 Å². The zero-order valence-electron chi connectivity index (χ0n) is 19.5. The number of hydrogen-bond donors (Lipinski definition) is 2. The van der Waals surface area contributed by atoms with Gasteiger partial charge in [-0.3, -0.25) is 14.4 Å². The van der Waals surface area contributed by atoms with Crippen molar-refractivity contribution < 1.29 is 23.6 Å². The normalized spacial score (nSPS) is 27.0. The minimum absolute atomic E-state index is 0.0310. The Kier molecular flexibility index (Phi) is 7.17. The molecule has 0 radical (unpaired) electrons. The van der Waals surface area contributed by atoms with Crippen molar-refractivity contribution in [2.75, 3.05) is 32.8 Å². The second kappa shape index (κ2) is 10.1. The smallest absolute Gasteiger partial charge is 0.259 e. The molecule has 1 aromatic rings. The van der Waals surface area contributed by atoms with Crippen LogP contribution in [0.25, 0.3) is 0 Å². The molecule has 180 valence electrons. The number of aryl methyl sites for hydroxylation is 2. The van der Waals surface area contributed by atoms with Crippen LogP contribution in [0.4, 0.5) is 0 Å². The summed E-state index contributed by atoms with van der Waals surface area (Å²) in [5, 5.41) is 9.93. The van der Waals surface area contributed by atoms with Gasteiger partial charge in [-0.2, -0.15) is 0 Å². The summed E-state index contributed by atoms with van der Waals surface area (Å²) < 4.78 is 10.8. The lowest BCUT2D eigenvalue weighted by Crippen LogP contribution is -2.53. The minimum Gasteiger partial charge on any atom is -0.381 e. The predicted octanol–water partition coefficient (Wildman–Crippen LogP) is 1.76. The molecule has 2 atom stereocenters. The highest BCUT2D eigenvalue weighted by Gasteiger charge is 2.42. The third-order valence-corrected chi connectivity index (χ3v) is 7.32. The van der Waals surface area contributed by atoms with Crippen LogP contribution in [0.15, 0.2) is 16.7 Å². The van der Waals surface area contributed by atoms with Crippen LogP contribution in [0.1, 0.15) is 60.8 Å². The third kappa shape index (κ3) is 4.98. The summed E-state index contributed by atoms with van der Waals surface area (Å²) in [6, 6.07) is 0.0734. The fourth-order valence-corrected chi connectivity index (χ4v) is 5.16. The molecule has 1 spiro atoms. The summed E-state index contributed by atoms with van der Waals surface area (Å²) in [5.41, 5.74) is 0.574. The van der Waals surface area contributed by atoms with Crippen LogP contribution in [0.2, 0.25) is 0 Å². The number of piperidine rings is 1. The molecule has 0 aliphatic carbocycles. The van der Waals surface area contributed by atoms with Crippen molar-refractivity contribution in [1.29, 1.82) is 0 Å². The Morgan fingerprint density at radius 3 is 2.82 bits per heavy atom. The molecule has 0 unspecified atom stereocenters. The molecule has 0 bridgehead atoms. The van der Waals surface area contributed by atoms with E-state index in [-0.39, 0.29) is 36.2 Å². The highest BCUT2D eigenvalue weighted by Crippen LogP contribution is 2.37. The number of carbonyl (C=O) groups excluding carboxylic acids is 3. The van der Waals surface area contributed by atoms with Crippen LogP contribution in [-0.2, 0) is 20.7 Å². The SMILES string of the molecule is CCc1noc(C)c1C(=O)N1CCC2(C/C=C/C[C@H]3COCC[C@H]3NC(=O)CNC2=O)CC1. The zero-order chi connectivity index (χ0) is 23.4. The number of fused-ring (bicyclic) bond motifs is 1. The first-order valence-corrected chi connectivity index (χ1v) is 12.0. The minimum atomic E-state index is -0.632. The van der Waals surface area contributed by atoms with E-state index in [1.54, 1.807) is 11.8 Å². The summed E-state index contributed by atoms with van der Waals surface area (Å²) >= 11 is 0. The fourth-order valence-electron chi connectivity index (χ4n) is 5.16. The molecule has 2 N–H and O–H groups in total. The Bertz CT molecular complexity index is 916. The van der Waals surface area contributed by atoms with Gasteiger partial charge in [-0.25, -0.2) is 0 Å². The number of carbonyl (C=O) groups is 3. The molecular weight excluding hydrogens is 424 g/mol. The van der Waals surface area contributed by atoms with Crippen LogP contribution >= 0.6 is 0 Å². The number of likely N-dealkylation sites (tertiary alicyclic amines) is 1. The maximum absolute atomic E-state index is 13.2. The quantitative estimate of drug-likeness (QED) is 0.653.